The zero-order valence-corrected chi connectivity index (χ0v) is 16.7. The van der Waals surface area contributed by atoms with Gasteiger partial charge in [-0.25, -0.2) is 4.98 Å². The number of pyridine rings is 1. The first-order valence-electron chi connectivity index (χ1n) is 10.1. The number of aliphatic hydroxyl groups excluding tert-OH is 1. The van der Waals surface area contributed by atoms with Crippen LogP contribution in [0.5, 0.6) is 0 Å². The molecule has 8 nitrogen and oxygen atoms in total. The predicted octanol–water partition coefficient (Wildman–Crippen LogP) is 0.412. The molecule has 3 atom stereocenters. The number of nitrogens with one attached hydrogen (secondary N) is 3. The number of aromatic nitrogens is 1. The van der Waals surface area contributed by atoms with Crippen LogP contribution in [0.2, 0.25) is 0 Å². The van der Waals surface area contributed by atoms with Gasteiger partial charge in [0.25, 0.3) is 0 Å². The van der Waals surface area contributed by atoms with Crippen LogP contribution < -0.4 is 16.0 Å². The minimum atomic E-state index is -1.04. The summed E-state index contributed by atoms with van der Waals surface area (Å²) >= 11 is 0. The van der Waals surface area contributed by atoms with Crippen molar-refractivity contribution in [2.75, 3.05) is 31.5 Å². The number of hydrogen-bond acceptors (Lipinski definition) is 6. The first-order chi connectivity index (χ1) is 13.4. The van der Waals surface area contributed by atoms with Crippen molar-refractivity contribution in [3.63, 3.8) is 0 Å². The second kappa shape index (κ2) is 8.87. The first-order valence-corrected chi connectivity index (χ1v) is 10.1. The molecule has 3 rings (SSSR count). The molecule has 0 spiro atoms. The van der Waals surface area contributed by atoms with Gasteiger partial charge < -0.3 is 21.1 Å². The van der Waals surface area contributed by atoms with E-state index in [4.69, 9.17) is 0 Å². The van der Waals surface area contributed by atoms with E-state index in [2.05, 4.69) is 25.8 Å². The number of nitrogens with zero attached hydrogens (tertiary/aromatic N) is 2. The molecule has 2 aliphatic heterocycles. The van der Waals surface area contributed by atoms with E-state index < -0.39 is 11.6 Å². The van der Waals surface area contributed by atoms with Crippen LogP contribution in [0.25, 0.3) is 0 Å². The fourth-order valence-electron chi connectivity index (χ4n) is 4.29. The van der Waals surface area contributed by atoms with Gasteiger partial charge in [0.15, 0.2) is 0 Å². The lowest BCUT2D eigenvalue weighted by Crippen LogP contribution is -2.58. The lowest BCUT2D eigenvalue weighted by Gasteiger charge is -2.40. The summed E-state index contributed by atoms with van der Waals surface area (Å²) in [7, 11) is 0. The summed E-state index contributed by atoms with van der Waals surface area (Å²) in [5.74, 6) is 0.479. The zero-order chi connectivity index (χ0) is 20.1. The lowest BCUT2D eigenvalue weighted by atomic mass is 9.84. The van der Waals surface area contributed by atoms with Crippen molar-refractivity contribution in [1.82, 2.24) is 20.5 Å². The number of carbonyl (C=O) groups is 2. The lowest BCUT2D eigenvalue weighted by molar-refractivity contribution is -0.134. The summed E-state index contributed by atoms with van der Waals surface area (Å²) in [6, 6.07) is 3.78. The number of carbonyl (C=O) groups excluding carboxylic acids is 2. The largest absolute Gasteiger partial charge is 0.384 e. The smallest absolute Gasteiger partial charge is 0.248 e. The van der Waals surface area contributed by atoms with Crippen LogP contribution in [0.3, 0.4) is 0 Å². The molecule has 0 aliphatic carbocycles. The maximum absolute atomic E-state index is 13.1. The Morgan fingerprint density at radius 2 is 2.21 bits per heavy atom. The van der Waals surface area contributed by atoms with Gasteiger partial charge in [0.05, 0.1) is 0 Å². The molecule has 1 aromatic heterocycles. The van der Waals surface area contributed by atoms with Crippen LogP contribution in [0.15, 0.2) is 18.3 Å². The highest BCUT2D eigenvalue weighted by Crippen LogP contribution is 2.38. The minimum Gasteiger partial charge on any atom is -0.384 e. The quantitative estimate of drug-likeness (QED) is 0.504. The van der Waals surface area contributed by atoms with E-state index >= 15 is 0 Å². The number of piperidine rings is 1. The molecule has 0 aromatic carbocycles. The third kappa shape index (κ3) is 4.44. The van der Waals surface area contributed by atoms with E-state index in [1.807, 2.05) is 19.1 Å². The van der Waals surface area contributed by atoms with E-state index in [-0.39, 0.29) is 17.9 Å². The molecular formula is C20H31N5O3. The Hall–Kier alpha value is -2.19. The van der Waals surface area contributed by atoms with Crippen molar-refractivity contribution in [2.45, 2.75) is 57.2 Å². The molecule has 3 heterocycles. The van der Waals surface area contributed by atoms with Crippen LogP contribution >= 0.6 is 0 Å². The van der Waals surface area contributed by atoms with Crippen LogP contribution in [-0.2, 0) is 9.59 Å². The van der Waals surface area contributed by atoms with Crippen LogP contribution in [0, 0.1) is 6.92 Å². The summed E-state index contributed by atoms with van der Waals surface area (Å²) in [5, 5.41) is 18.7. The number of aryl methyl sites for hydroxylation is 1. The van der Waals surface area contributed by atoms with Crippen molar-refractivity contribution in [2.24, 2.45) is 0 Å². The van der Waals surface area contributed by atoms with Crippen LogP contribution in [0.1, 0.15) is 38.2 Å². The summed E-state index contributed by atoms with van der Waals surface area (Å²) in [5.41, 5.74) is 0.508. The van der Waals surface area contributed by atoms with E-state index in [1.165, 1.54) is 6.92 Å². The van der Waals surface area contributed by atoms with Crippen molar-refractivity contribution >= 4 is 17.6 Å². The summed E-state index contributed by atoms with van der Waals surface area (Å²) < 4.78 is 0. The predicted molar refractivity (Wildman–Crippen MR) is 107 cm³/mol. The van der Waals surface area contributed by atoms with Gasteiger partial charge in [-0.1, -0.05) is 6.07 Å². The van der Waals surface area contributed by atoms with Crippen LogP contribution in [-0.4, -0.2) is 70.7 Å². The topological polar surface area (TPSA) is 107 Å². The van der Waals surface area contributed by atoms with Crippen molar-refractivity contribution in [1.29, 1.82) is 0 Å². The van der Waals surface area contributed by atoms with Crippen molar-refractivity contribution < 1.29 is 14.7 Å². The summed E-state index contributed by atoms with van der Waals surface area (Å²) in [4.78, 5) is 31.4. The Labute approximate surface area is 166 Å². The molecule has 4 N–H and O–H groups in total. The van der Waals surface area contributed by atoms with E-state index in [9.17, 15) is 14.7 Å². The molecule has 0 bridgehead atoms. The molecule has 2 saturated heterocycles. The number of aliphatic hydroxyl groups is 1. The second-order valence-corrected chi connectivity index (χ2v) is 7.87. The molecule has 28 heavy (non-hydrogen) atoms. The molecule has 8 heteroatoms. The SMILES string of the molecule is Cc1cccnc1NCCNC(=O)[C@@]12CCCCN1C[C@@H](NC(=O)[C@H](C)O)C2. The monoisotopic (exact) mass is 389 g/mol. The average Bonchev–Trinajstić information content (AvgIpc) is 3.05. The van der Waals surface area contributed by atoms with E-state index in [0.717, 1.165) is 37.2 Å². The summed E-state index contributed by atoms with van der Waals surface area (Å²) in [6.07, 6.45) is 4.16. The van der Waals surface area contributed by atoms with Gasteiger partial charge in [0.2, 0.25) is 11.8 Å². The van der Waals surface area contributed by atoms with E-state index in [1.54, 1.807) is 6.20 Å². The first kappa shape index (κ1) is 20.5. The number of rotatable bonds is 7. The molecule has 2 fully saturated rings. The number of amides is 2. The average molecular weight is 390 g/mol. The fraction of sp³-hybridized carbons (Fsp3) is 0.650. The Balaban J connectivity index is 1.55. The molecule has 0 radical (unpaired) electrons. The Bertz CT molecular complexity index is 711. The number of fused-ring (bicyclic) bond motifs is 1. The Kier molecular flexibility index (Phi) is 6.51. The van der Waals surface area contributed by atoms with Gasteiger partial charge in [0, 0.05) is 31.9 Å². The third-order valence-electron chi connectivity index (χ3n) is 5.76. The van der Waals surface area contributed by atoms with Gasteiger partial charge in [-0.05, 0) is 57.7 Å². The zero-order valence-electron chi connectivity index (χ0n) is 16.7. The highest BCUT2D eigenvalue weighted by molar-refractivity contribution is 5.87. The molecule has 2 aliphatic rings. The highest BCUT2D eigenvalue weighted by Gasteiger charge is 2.52. The molecule has 154 valence electrons. The molecule has 0 saturated carbocycles. The third-order valence-corrected chi connectivity index (χ3v) is 5.76. The second-order valence-electron chi connectivity index (χ2n) is 7.87. The van der Waals surface area contributed by atoms with Gasteiger partial charge in [-0.15, -0.1) is 0 Å². The number of hydrogen-bond donors (Lipinski definition) is 4. The maximum Gasteiger partial charge on any atom is 0.248 e. The normalized spacial score (nSPS) is 25.6. The van der Waals surface area contributed by atoms with Gasteiger partial charge >= 0.3 is 0 Å². The van der Waals surface area contributed by atoms with E-state index in [0.29, 0.717) is 26.1 Å². The number of anilines is 1. The van der Waals surface area contributed by atoms with Crippen molar-refractivity contribution in [3.05, 3.63) is 23.9 Å². The Morgan fingerprint density at radius 1 is 1.39 bits per heavy atom. The maximum atomic E-state index is 13.1. The molecule has 0 unspecified atom stereocenters. The van der Waals surface area contributed by atoms with Crippen molar-refractivity contribution in [3.8, 4) is 0 Å². The van der Waals surface area contributed by atoms with Crippen LogP contribution in [0.4, 0.5) is 5.82 Å². The fourth-order valence-corrected chi connectivity index (χ4v) is 4.29. The highest BCUT2D eigenvalue weighted by atomic mass is 16.3. The van der Waals surface area contributed by atoms with Gasteiger partial charge in [-0.2, -0.15) is 0 Å². The standard InChI is InChI=1S/C20H31N5O3/c1-14-6-5-8-21-17(14)22-9-10-23-19(28)20-7-3-4-11-25(20)13-16(12-20)24-18(27)15(2)26/h5-6,8,15-16,26H,3-4,7,9-13H2,1-2H3,(H,21,22)(H,23,28)(H,24,27)/t15-,16-,20-/m0/s1. The Morgan fingerprint density at radius 3 is 2.96 bits per heavy atom. The summed E-state index contributed by atoms with van der Waals surface area (Å²) in [6.45, 7) is 6.07. The van der Waals surface area contributed by atoms with Gasteiger partial charge in [0.1, 0.15) is 17.5 Å². The molecule has 2 amide bonds. The molecular weight excluding hydrogens is 358 g/mol. The van der Waals surface area contributed by atoms with Gasteiger partial charge in [-0.3, -0.25) is 14.5 Å². The molecule has 1 aromatic rings. The minimum absolute atomic E-state index is 0.0283.